The number of carbonyl (C=O) groups is 1. The van der Waals surface area contributed by atoms with Crippen LogP contribution in [0.4, 0.5) is 0 Å². The van der Waals surface area contributed by atoms with Crippen LogP contribution < -0.4 is 5.32 Å². The molecular formula is C21H28N4O4S2. The van der Waals surface area contributed by atoms with Gasteiger partial charge in [-0.3, -0.25) is 9.69 Å². The van der Waals surface area contributed by atoms with Gasteiger partial charge in [-0.25, -0.2) is 17.7 Å². The number of hydrogen-bond acceptors (Lipinski definition) is 7. The number of aromatic nitrogens is 1. The van der Waals surface area contributed by atoms with Gasteiger partial charge in [-0.2, -0.15) is 0 Å². The van der Waals surface area contributed by atoms with Crippen LogP contribution in [0.3, 0.4) is 0 Å². The third-order valence-corrected chi connectivity index (χ3v) is 7.58. The summed E-state index contributed by atoms with van der Waals surface area (Å²) in [7, 11) is -0.563. The maximum Gasteiger partial charge on any atom is 0.244 e. The van der Waals surface area contributed by atoms with Gasteiger partial charge in [0.25, 0.3) is 0 Å². The van der Waals surface area contributed by atoms with Gasteiger partial charge in [0.15, 0.2) is 0 Å². The normalized spacial score (nSPS) is 17.6. The van der Waals surface area contributed by atoms with Crippen LogP contribution >= 0.6 is 11.8 Å². The van der Waals surface area contributed by atoms with Crippen LogP contribution in [0, 0.1) is 0 Å². The van der Waals surface area contributed by atoms with Crippen molar-refractivity contribution in [1.82, 2.24) is 19.5 Å². The van der Waals surface area contributed by atoms with Crippen molar-refractivity contribution in [2.75, 3.05) is 46.1 Å². The number of nitrogens with zero attached hydrogens (tertiary/aromatic N) is 3. The van der Waals surface area contributed by atoms with Crippen molar-refractivity contribution in [2.24, 2.45) is 0 Å². The molecule has 1 aromatic carbocycles. The lowest BCUT2D eigenvalue weighted by Crippen LogP contribution is -2.47. The summed E-state index contributed by atoms with van der Waals surface area (Å²) >= 11 is 1.26. The molecule has 0 saturated carbocycles. The number of pyridine rings is 1. The molecule has 0 aliphatic carbocycles. The summed E-state index contributed by atoms with van der Waals surface area (Å²) in [4.78, 5) is 18.8. The molecule has 0 spiro atoms. The van der Waals surface area contributed by atoms with Crippen LogP contribution in [0.5, 0.6) is 0 Å². The SMILES string of the molecule is CN(C)S(=O)(=O)c1ccc(SCC(=O)NCC2CN(Cc3ccccc3)CCO2)nc1. The molecule has 1 N–H and O–H groups in total. The summed E-state index contributed by atoms with van der Waals surface area (Å²) in [5.74, 6) is 0.0910. The summed E-state index contributed by atoms with van der Waals surface area (Å²) in [5, 5.41) is 3.51. The highest BCUT2D eigenvalue weighted by Crippen LogP contribution is 2.18. The number of thioether (sulfide) groups is 1. The highest BCUT2D eigenvalue weighted by Gasteiger charge is 2.21. The fourth-order valence-corrected chi connectivity index (χ4v) is 4.64. The van der Waals surface area contributed by atoms with Crippen molar-refractivity contribution in [3.05, 3.63) is 54.2 Å². The minimum absolute atomic E-state index is 0.0416. The molecule has 3 rings (SSSR count). The lowest BCUT2D eigenvalue weighted by Gasteiger charge is -2.33. The first-order valence-electron chi connectivity index (χ1n) is 10.0. The summed E-state index contributed by atoms with van der Waals surface area (Å²) in [6.07, 6.45) is 1.27. The monoisotopic (exact) mass is 464 g/mol. The quantitative estimate of drug-likeness (QED) is 0.562. The van der Waals surface area contributed by atoms with E-state index in [2.05, 4.69) is 27.3 Å². The number of sulfonamides is 1. The molecule has 31 heavy (non-hydrogen) atoms. The molecule has 1 unspecified atom stereocenters. The first kappa shape index (κ1) is 23.7. The summed E-state index contributed by atoms with van der Waals surface area (Å²) in [6.45, 7) is 3.62. The van der Waals surface area contributed by atoms with Gasteiger partial charge in [0, 0.05) is 46.5 Å². The van der Waals surface area contributed by atoms with Crippen molar-refractivity contribution in [3.63, 3.8) is 0 Å². The van der Waals surface area contributed by atoms with Gasteiger partial charge in [0.2, 0.25) is 15.9 Å². The number of amides is 1. The molecule has 2 aromatic rings. The van der Waals surface area contributed by atoms with Gasteiger partial charge < -0.3 is 10.1 Å². The van der Waals surface area contributed by atoms with E-state index in [1.54, 1.807) is 6.07 Å². The summed E-state index contributed by atoms with van der Waals surface area (Å²) < 4.78 is 31.1. The molecule has 0 bridgehead atoms. The zero-order chi connectivity index (χ0) is 22.3. The van der Waals surface area contributed by atoms with E-state index in [0.717, 1.165) is 23.9 Å². The zero-order valence-corrected chi connectivity index (χ0v) is 19.4. The van der Waals surface area contributed by atoms with Crippen LogP contribution in [0.25, 0.3) is 0 Å². The summed E-state index contributed by atoms with van der Waals surface area (Å²) in [5.41, 5.74) is 1.26. The van der Waals surface area contributed by atoms with E-state index in [1.807, 2.05) is 18.2 Å². The van der Waals surface area contributed by atoms with E-state index in [9.17, 15) is 13.2 Å². The Morgan fingerprint density at radius 1 is 1.26 bits per heavy atom. The predicted octanol–water partition coefficient (Wildman–Crippen LogP) is 1.44. The van der Waals surface area contributed by atoms with Gasteiger partial charge >= 0.3 is 0 Å². The number of benzene rings is 1. The second kappa shape index (κ2) is 11.1. The van der Waals surface area contributed by atoms with Crippen LogP contribution in [-0.2, 0) is 26.1 Å². The number of nitrogens with one attached hydrogen (secondary N) is 1. The van der Waals surface area contributed by atoms with Crippen molar-refractivity contribution in [1.29, 1.82) is 0 Å². The van der Waals surface area contributed by atoms with Crippen molar-refractivity contribution in [2.45, 2.75) is 22.6 Å². The van der Waals surface area contributed by atoms with Gasteiger partial charge in [0.05, 0.1) is 23.5 Å². The maximum absolute atomic E-state index is 12.2. The topological polar surface area (TPSA) is 91.8 Å². The Hall–Kier alpha value is -1.98. The van der Waals surface area contributed by atoms with E-state index >= 15 is 0 Å². The first-order valence-corrected chi connectivity index (χ1v) is 12.4. The van der Waals surface area contributed by atoms with E-state index in [4.69, 9.17) is 4.74 Å². The number of morpholine rings is 1. The van der Waals surface area contributed by atoms with Gasteiger partial charge in [-0.15, -0.1) is 0 Å². The molecule has 2 heterocycles. The van der Waals surface area contributed by atoms with E-state index < -0.39 is 10.0 Å². The molecule has 1 aliphatic heterocycles. The highest BCUT2D eigenvalue weighted by atomic mass is 32.2. The van der Waals surface area contributed by atoms with Crippen LogP contribution in [0.15, 0.2) is 58.6 Å². The second-order valence-corrected chi connectivity index (χ2v) is 10.6. The number of ether oxygens (including phenoxy) is 1. The minimum Gasteiger partial charge on any atom is -0.374 e. The Morgan fingerprint density at radius 2 is 2.03 bits per heavy atom. The van der Waals surface area contributed by atoms with E-state index in [0.29, 0.717) is 18.2 Å². The van der Waals surface area contributed by atoms with Gasteiger partial charge in [-0.1, -0.05) is 42.1 Å². The molecule has 1 amide bonds. The first-order chi connectivity index (χ1) is 14.8. The molecule has 1 aliphatic rings. The van der Waals surface area contributed by atoms with E-state index in [1.165, 1.54) is 43.7 Å². The van der Waals surface area contributed by atoms with Crippen LogP contribution in [0.1, 0.15) is 5.56 Å². The molecule has 1 aromatic heterocycles. The minimum atomic E-state index is -3.51. The predicted molar refractivity (Wildman–Crippen MR) is 120 cm³/mol. The molecule has 1 saturated heterocycles. The fourth-order valence-electron chi connectivity index (χ4n) is 3.12. The largest absolute Gasteiger partial charge is 0.374 e. The Labute approximate surface area is 188 Å². The van der Waals surface area contributed by atoms with Crippen molar-refractivity contribution in [3.8, 4) is 0 Å². The van der Waals surface area contributed by atoms with Crippen LogP contribution in [-0.4, -0.2) is 80.7 Å². The number of rotatable bonds is 9. The van der Waals surface area contributed by atoms with Crippen molar-refractivity contribution >= 4 is 27.7 Å². The average molecular weight is 465 g/mol. The molecule has 8 nitrogen and oxygen atoms in total. The number of hydrogen-bond donors (Lipinski definition) is 1. The number of carbonyl (C=O) groups excluding carboxylic acids is 1. The molecule has 1 fully saturated rings. The fraction of sp³-hybridized carbons (Fsp3) is 0.429. The van der Waals surface area contributed by atoms with E-state index in [-0.39, 0.29) is 22.7 Å². The second-order valence-electron chi connectivity index (χ2n) is 7.43. The standard InChI is InChI=1S/C21H28N4O4S2/c1-24(2)31(27,28)19-8-9-21(23-13-19)30-16-20(26)22-12-18-15-25(10-11-29-18)14-17-6-4-3-5-7-17/h3-9,13,18H,10-12,14-16H2,1-2H3,(H,22,26). The molecule has 1 atom stereocenters. The third-order valence-electron chi connectivity index (χ3n) is 4.84. The highest BCUT2D eigenvalue weighted by molar-refractivity contribution is 7.99. The third kappa shape index (κ3) is 7.01. The zero-order valence-electron chi connectivity index (χ0n) is 17.7. The Kier molecular flexibility index (Phi) is 8.44. The Bertz CT molecular complexity index is 953. The smallest absolute Gasteiger partial charge is 0.244 e. The molecule has 10 heteroatoms. The van der Waals surface area contributed by atoms with Gasteiger partial charge in [-0.05, 0) is 17.7 Å². The lowest BCUT2D eigenvalue weighted by atomic mass is 10.2. The molecule has 168 valence electrons. The molecule has 0 radical (unpaired) electrons. The van der Waals surface area contributed by atoms with Crippen LogP contribution in [0.2, 0.25) is 0 Å². The average Bonchev–Trinajstić information content (AvgIpc) is 2.77. The Morgan fingerprint density at radius 3 is 2.71 bits per heavy atom. The summed E-state index contributed by atoms with van der Waals surface area (Å²) in [6, 6.07) is 13.4. The molecular weight excluding hydrogens is 436 g/mol. The van der Waals surface area contributed by atoms with Gasteiger partial charge in [0.1, 0.15) is 4.90 Å². The van der Waals surface area contributed by atoms with Crippen molar-refractivity contribution < 1.29 is 17.9 Å². The Balaban J connectivity index is 1.41. The lowest BCUT2D eigenvalue weighted by molar-refractivity contribution is -0.119. The maximum atomic E-state index is 12.2.